The van der Waals surface area contributed by atoms with Crippen LogP contribution in [0.1, 0.15) is 24.4 Å². The molecular formula is C15H17N2NaO4S2. The van der Waals surface area contributed by atoms with Crippen molar-refractivity contribution in [3.63, 3.8) is 0 Å². The van der Waals surface area contributed by atoms with E-state index in [1.54, 1.807) is 6.92 Å². The first-order valence-corrected chi connectivity index (χ1v) is 8.95. The number of β-lactam (4-membered cyclic amide) rings is 1. The van der Waals surface area contributed by atoms with Crippen LogP contribution >= 0.6 is 23.1 Å². The number of aliphatic carboxylic acids is 1. The molecule has 0 aliphatic carbocycles. The maximum Gasteiger partial charge on any atom is 1.00 e. The summed E-state index contributed by atoms with van der Waals surface area (Å²) in [5.74, 6) is -2.44. The topological polar surface area (TPSA) is 93.6 Å². The fourth-order valence-corrected chi connectivity index (χ4v) is 5.65. The zero-order valence-electron chi connectivity index (χ0n) is 14.2. The number of thioether (sulfide) groups is 1. The number of aryl methyl sites for hydroxylation is 2. The van der Waals surface area contributed by atoms with Crippen molar-refractivity contribution in [1.29, 1.82) is 0 Å². The molecule has 6 nitrogen and oxygen atoms in total. The zero-order chi connectivity index (χ0) is 17.0. The number of amides is 1. The summed E-state index contributed by atoms with van der Waals surface area (Å²) in [5.41, 5.74) is 0.847. The van der Waals surface area contributed by atoms with Crippen molar-refractivity contribution in [3.05, 3.63) is 21.2 Å². The average Bonchev–Trinajstić information content (AvgIpc) is 2.87. The first-order valence-electron chi connectivity index (χ1n) is 7.32. The van der Waals surface area contributed by atoms with Gasteiger partial charge in [0.1, 0.15) is 0 Å². The van der Waals surface area contributed by atoms with Crippen LogP contribution in [0.3, 0.4) is 0 Å². The minimum Gasteiger partial charge on any atom is -0.543 e. The van der Waals surface area contributed by atoms with Crippen molar-refractivity contribution >= 4 is 35.0 Å². The van der Waals surface area contributed by atoms with Crippen LogP contribution in [0, 0.1) is 25.7 Å². The molecule has 1 amide bonds. The summed E-state index contributed by atoms with van der Waals surface area (Å²) in [6.45, 7) is 7.31. The van der Waals surface area contributed by atoms with Gasteiger partial charge in [0.2, 0.25) is 5.91 Å². The predicted molar refractivity (Wildman–Crippen MR) is 84.4 cm³/mol. The first kappa shape index (κ1) is 19.9. The number of rotatable bonds is 4. The molecule has 2 aliphatic rings. The van der Waals surface area contributed by atoms with Gasteiger partial charge in [-0.3, -0.25) is 4.79 Å². The van der Waals surface area contributed by atoms with Crippen LogP contribution in [0.2, 0.25) is 0 Å². The Labute approximate surface area is 170 Å². The summed E-state index contributed by atoms with van der Waals surface area (Å²) in [4.78, 5) is 31.2. The molecule has 0 spiro atoms. The van der Waals surface area contributed by atoms with Gasteiger partial charge in [0.15, 0.2) is 4.34 Å². The average molecular weight is 376 g/mol. The number of carbonyl (C=O) groups excluding carboxylic acids is 2. The molecule has 124 valence electrons. The molecule has 4 atom stereocenters. The molecule has 1 aromatic rings. The fourth-order valence-electron chi connectivity index (χ4n) is 3.23. The van der Waals surface area contributed by atoms with Gasteiger partial charge in [-0.1, -0.05) is 18.7 Å². The van der Waals surface area contributed by atoms with Gasteiger partial charge in [0, 0.05) is 15.7 Å². The van der Waals surface area contributed by atoms with E-state index >= 15 is 0 Å². The van der Waals surface area contributed by atoms with Gasteiger partial charge in [-0.2, -0.15) is 0 Å². The first-order chi connectivity index (χ1) is 10.7. The molecule has 0 radical (unpaired) electrons. The number of aromatic nitrogens is 1. The molecule has 2 aliphatic heterocycles. The van der Waals surface area contributed by atoms with E-state index in [-0.39, 0.29) is 53.1 Å². The molecule has 3 rings (SSSR count). The van der Waals surface area contributed by atoms with Gasteiger partial charge >= 0.3 is 29.6 Å². The summed E-state index contributed by atoms with van der Waals surface area (Å²) in [6.07, 6.45) is -0.803. The monoisotopic (exact) mass is 376 g/mol. The van der Waals surface area contributed by atoms with E-state index in [1.165, 1.54) is 28.0 Å². The Morgan fingerprint density at radius 3 is 2.54 bits per heavy atom. The van der Waals surface area contributed by atoms with Crippen LogP contribution in [0.15, 0.2) is 14.9 Å². The minimum atomic E-state index is -1.36. The number of carbonyl (C=O) groups is 2. The number of hydrogen-bond acceptors (Lipinski definition) is 7. The summed E-state index contributed by atoms with van der Waals surface area (Å²) < 4.78 is 0.754. The van der Waals surface area contributed by atoms with Crippen molar-refractivity contribution in [1.82, 2.24) is 9.88 Å². The van der Waals surface area contributed by atoms with Gasteiger partial charge in [-0.25, -0.2) is 4.98 Å². The van der Waals surface area contributed by atoms with E-state index < -0.39 is 18.0 Å². The number of hydrogen-bond donors (Lipinski definition) is 1. The standard InChI is InChI=1S/C15H18N2O4S2.Na/c1-5-10-9(7(3)18)13(19)17(10)11(14(20)21)12(5)23-15-16-6(2)8(4)22-15;/h5,7,9-10,18H,1-4H3,(H,20,21);/q;+1/p-1. The SMILES string of the molecule is Cc1nc(SC2=C(C(=O)[O-])N3C(=O)C(C(C)O)C3C2C)sc1C.[Na+]. The van der Waals surface area contributed by atoms with Crippen molar-refractivity contribution in [3.8, 4) is 0 Å². The zero-order valence-corrected chi connectivity index (χ0v) is 17.8. The Hall–Kier alpha value is -0.380. The molecule has 0 aromatic carbocycles. The quantitative estimate of drug-likeness (QED) is 0.468. The largest absolute Gasteiger partial charge is 1.00 e. The van der Waals surface area contributed by atoms with Gasteiger partial charge in [0.25, 0.3) is 0 Å². The summed E-state index contributed by atoms with van der Waals surface area (Å²) in [5, 5.41) is 21.4. The van der Waals surface area contributed by atoms with Crippen molar-refractivity contribution in [2.24, 2.45) is 11.8 Å². The molecule has 1 aromatic heterocycles. The van der Waals surface area contributed by atoms with E-state index in [1.807, 2.05) is 20.8 Å². The molecule has 24 heavy (non-hydrogen) atoms. The van der Waals surface area contributed by atoms with E-state index in [9.17, 15) is 19.8 Å². The third-order valence-corrected chi connectivity index (χ3v) is 6.93. The molecule has 3 heterocycles. The van der Waals surface area contributed by atoms with Gasteiger partial charge in [-0.05, 0) is 20.8 Å². The predicted octanol–water partition coefficient (Wildman–Crippen LogP) is -2.32. The summed E-state index contributed by atoms with van der Waals surface area (Å²) >= 11 is 2.78. The second-order valence-electron chi connectivity index (χ2n) is 5.98. The molecular weight excluding hydrogens is 359 g/mol. The van der Waals surface area contributed by atoms with E-state index in [2.05, 4.69) is 4.98 Å². The molecule has 9 heteroatoms. The molecule has 1 fully saturated rings. The molecule has 1 saturated heterocycles. The number of carboxylic acids is 1. The Kier molecular flexibility index (Phi) is 5.89. The van der Waals surface area contributed by atoms with Crippen molar-refractivity contribution in [2.45, 2.75) is 44.2 Å². The third-order valence-electron chi connectivity index (χ3n) is 4.51. The number of aliphatic hydroxyl groups excluding tert-OH is 1. The van der Waals surface area contributed by atoms with Gasteiger partial charge < -0.3 is 19.9 Å². The van der Waals surface area contributed by atoms with E-state index in [0.717, 1.165) is 14.9 Å². The number of nitrogens with zero attached hydrogens (tertiary/aromatic N) is 2. The van der Waals surface area contributed by atoms with E-state index in [4.69, 9.17) is 0 Å². The Morgan fingerprint density at radius 2 is 2.08 bits per heavy atom. The molecule has 0 saturated carbocycles. The maximum atomic E-state index is 12.2. The molecule has 4 unspecified atom stereocenters. The van der Waals surface area contributed by atoms with Gasteiger partial charge in [-0.15, -0.1) is 11.3 Å². The Balaban J connectivity index is 0.00000208. The Bertz CT molecular complexity index is 712. The number of thiazole rings is 1. The maximum absolute atomic E-state index is 12.2. The van der Waals surface area contributed by atoms with Crippen LogP contribution in [-0.2, 0) is 9.59 Å². The normalized spacial score (nSPS) is 26.8. The van der Waals surface area contributed by atoms with Crippen LogP contribution in [0.25, 0.3) is 0 Å². The number of aliphatic hydroxyl groups is 1. The Morgan fingerprint density at radius 1 is 1.46 bits per heavy atom. The van der Waals surface area contributed by atoms with Crippen LogP contribution in [0.5, 0.6) is 0 Å². The second kappa shape index (κ2) is 7.09. The molecule has 1 N–H and O–H groups in total. The van der Waals surface area contributed by atoms with Crippen LogP contribution in [0.4, 0.5) is 0 Å². The van der Waals surface area contributed by atoms with Gasteiger partial charge in [0.05, 0.1) is 35.4 Å². The number of carboxylic acid groups (broad SMARTS) is 1. The third kappa shape index (κ3) is 2.97. The minimum absolute atomic E-state index is 0. The second-order valence-corrected chi connectivity index (χ2v) is 8.47. The van der Waals surface area contributed by atoms with Crippen molar-refractivity contribution in [2.75, 3.05) is 0 Å². The van der Waals surface area contributed by atoms with E-state index in [0.29, 0.717) is 4.91 Å². The summed E-state index contributed by atoms with van der Waals surface area (Å²) in [7, 11) is 0. The van der Waals surface area contributed by atoms with Crippen LogP contribution in [-0.4, -0.2) is 39.0 Å². The van der Waals surface area contributed by atoms with Crippen LogP contribution < -0.4 is 34.7 Å². The fraction of sp³-hybridized carbons (Fsp3) is 0.533. The molecule has 0 bridgehead atoms. The summed E-state index contributed by atoms with van der Waals surface area (Å²) in [6, 6.07) is -0.319. The van der Waals surface area contributed by atoms with Crippen molar-refractivity contribution < 1.29 is 49.4 Å². The number of fused-ring (bicyclic) bond motifs is 1. The smallest absolute Gasteiger partial charge is 0.543 e.